The van der Waals surface area contributed by atoms with Gasteiger partial charge in [-0.25, -0.2) is 0 Å². The Morgan fingerprint density at radius 1 is 0.302 bits per heavy atom. The molecular formula is C62H45N. The fourth-order valence-corrected chi connectivity index (χ4v) is 11.3. The van der Waals surface area contributed by atoms with Crippen molar-refractivity contribution >= 4 is 16.9 Å². The molecule has 2 atom stereocenters. The molecule has 0 fully saturated rings. The fourth-order valence-electron chi connectivity index (χ4n) is 11.3. The monoisotopic (exact) mass is 803 g/mol. The molecule has 9 aromatic carbocycles. The van der Waals surface area contributed by atoms with Crippen LogP contribution in [-0.4, -0.2) is 0 Å². The van der Waals surface area contributed by atoms with E-state index in [0.717, 1.165) is 24.2 Å². The quantitative estimate of drug-likeness (QED) is 0.148. The minimum Gasteiger partial charge on any atom is -0.310 e. The molecule has 1 nitrogen and oxygen atoms in total. The van der Waals surface area contributed by atoms with E-state index < -0.39 is 10.8 Å². The topological polar surface area (TPSA) is 3.24 Å². The van der Waals surface area contributed by atoms with Gasteiger partial charge in [-0.15, -0.1) is 0 Å². The first kappa shape index (κ1) is 37.1. The van der Waals surface area contributed by atoms with Crippen molar-refractivity contribution in [3.63, 3.8) is 0 Å². The van der Waals surface area contributed by atoms with Crippen molar-refractivity contribution in [3.05, 3.63) is 305 Å². The molecule has 9 aromatic rings. The van der Waals surface area contributed by atoms with E-state index in [4.69, 9.17) is 0 Å². The van der Waals surface area contributed by atoms with Crippen molar-refractivity contribution in [2.45, 2.75) is 23.7 Å². The highest BCUT2D eigenvalue weighted by molar-refractivity contribution is 5.92. The largest absolute Gasteiger partial charge is 0.310 e. The van der Waals surface area contributed by atoms with Crippen LogP contribution >= 0.6 is 0 Å². The third-order valence-corrected chi connectivity index (χ3v) is 13.9. The number of fused-ring (bicyclic) bond motifs is 5. The van der Waals surface area contributed by atoms with Gasteiger partial charge in [-0.05, 0) is 109 Å². The second-order valence-corrected chi connectivity index (χ2v) is 17.0. The van der Waals surface area contributed by atoms with Crippen molar-refractivity contribution in [1.82, 2.24) is 0 Å². The zero-order valence-corrected chi connectivity index (χ0v) is 35.0. The minimum atomic E-state index is -0.608. The van der Waals surface area contributed by atoms with Crippen molar-refractivity contribution in [2.24, 2.45) is 0 Å². The number of rotatable bonds is 8. The smallest absolute Gasteiger partial charge is 0.0720 e. The van der Waals surface area contributed by atoms with Crippen LogP contribution in [0.15, 0.2) is 254 Å². The highest BCUT2D eigenvalue weighted by atomic mass is 15.2. The first-order valence-corrected chi connectivity index (χ1v) is 22.2. The first-order valence-electron chi connectivity index (χ1n) is 22.2. The van der Waals surface area contributed by atoms with Gasteiger partial charge in [-0.2, -0.15) is 0 Å². The fraction of sp³-hybridized carbons (Fsp3) is 0.0645. The van der Waals surface area contributed by atoms with E-state index in [1.807, 2.05) is 0 Å². The summed E-state index contributed by atoms with van der Waals surface area (Å²) in [6.07, 6.45) is 6.85. The zero-order chi connectivity index (χ0) is 41.8. The van der Waals surface area contributed by atoms with Gasteiger partial charge in [-0.1, -0.05) is 224 Å². The van der Waals surface area contributed by atoms with Crippen LogP contribution in [0.2, 0.25) is 0 Å². The van der Waals surface area contributed by atoms with Crippen molar-refractivity contribution in [3.8, 4) is 22.3 Å². The summed E-state index contributed by atoms with van der Waals surface area (Å²) in [6, 6.07) is 88.1. The lowest BCUT2D eigenvalue weighted by Gasteiger charge is -2.49. The molecule has 0 radical (unpaired) electrons. The number of nitrogens with zero attached hydrogens (tertiary/aromatic N) is 1. The molecule has 3 aliphatic rings. The molecule has 0 amide bonds. The molecule has 12 rings (SSSR count). The SMILES string of the molecule is C1=C(c2ccccc2)C(N(c2ccc(-c3ccccc3)cc2)c2ccc(C3(c4ccccc4)c4ccccc4C4(c5ccccc5)c5ccccc5-c5cccc3c54)cc2)=CCC1. The van der Waals surface area contributed by atoms with Crippen molar-refractivity contribution < 1.29 is 0 Å². The second kappa shape index (κ2) is 15.0. The van der Waals surface area contributed by atoms with Gasteiger partial charge < -0.3 is 4.90 Å². The maximum Gasteiger partial charge on any atom is 0.0720 e. The Labute approximate surface area is 370 Å². The van der Waals surface area contributed by atoms with Crippen LogP contribution in [0.1, 0.15) is 62.9 Å². The van der Waals surface area contributed by atoms with Crippen molar-refractivity contribution in [1.29, 1.82) is 0 Å². The average Bonchev–Trinajstić information content (AvgIpc) is 3.68. The summed E-state index contributed by atoms with van der Waals surface area (Å²) in [5.74, 6) is 0. The zero-order valence-electron chi connectivity index (χ0n) is 35.0. The van der Waals surface area contributed by atoms with Crippen LogP contribution in [0.25, 0.3) is 27.8 Å². The predicted octanol–water partition coefficient (Wildman–Crippen LogP) is 15.3. The number of anilines is 2. The van der Waals surface area contributed by atoms with E-state index in [2.05, 4.69) is 254 Å². The summed E-state index contributed by atoms with van der Waals surface area (Å²) >= 11 is 0. The Morgan fingerprint density at radius 3 is 1.40 bits per heavy atom. The molecule has 298 valence electrons. The molecule has 3 aliphatic carbocycles. The van der Waals surface area contributed by atoms with E-state index in [9.17, 15) is 0 Å². The van der Waals surface area contributed by atoms with Crippen LogP contribution in [0.3, 0.4) is 0 Å². The summed E-state index contributed by atoms with van der Waals surface area (Å²) in [5, 5.41) is 0. The Morgan fingerprint density at radius 2 is 0.746 bits per heavy atom. The molecule has 0 heterocycles. The molecule has 63 heavy (non-hydrogen) atoms. The number of benzene rings is 9. The average molecular weight is 804 g/mol. The first-order chi connectivity index (χ1) is 31.3. The van der Waals surface area contributed by atoms with E-state index >= 15 is 0 Å². The highest BCUT2D eigenvalue weighted by Gasteiger charge is 2.57. The molecule has 0 bridgehead atoms. The van der Waals surface area contributed by atoms with Gasteiger partial charge >= 0.3 is 0 Å². The van der Waals surface area contributed by atoms with Crippen LogP contribution in [-0.2, 0) is 10.8 Å². The maximum absolute atomic E-state index is 2.47. The van der Waals surface area contributed by atoms with Crippen molar-refractivity contribution in [2.75, 3.05) is 4.90 Å². The van der Waals surface area contributed by atoms with E-state index in [1.165, 1.54) is 83.6 Å². The van der Waals surface area contributed by atoms with Gasteiger partial charge in [0.1, 0.15) is 0 Å². The number of hydrogen-bond donors (Lipinski definition) is 0. The molecule has 0 N–H and O–H groups in total. The maximum atomic E-state index is 2.47. The number of hydrogen-bond acceptors (Lipinski definition) is 1. The summed E-state index contributed by atoms with van der Waals surface area (Å²) in [5.41, 5.74) is 20.4. The van der Waals surface area contributed by atoms with Crippen LogP contribution < -0.4 is 4.90 Å². The Bertz CT molecular complexity index is 3180. The Kier molecular flexibility index (Phi) is 8.83. The summed E-state index contributed by atoms with van der Waals surface area (Å²) < 4.78 is 0. The third kappa shape index (κ3) is 5.56. The lowest BCUT2D eigenvalue weighted by atomic mass is 9.52. The molecule has 1 heteroatoms. The van der Waals surface area contributed by atoms with Crippen LogP contribution in [0.5, 0.6) is 0 Å². The standard InChI is InChI=1S/C62H45N/c1-5-20-44(21-6-1)45-36-40-50(41-37-45)63(59-35-18-14-28-52(59)46-22-7-2-8-23-46)51-42-38-49(39-43-51)61(47-24-9-3-10-25-47)56-32-16-17-33-57(56)62(48-26-11-4-12-27-48)55-31-15-13-29-53(55)54-30-19-34-58(61)60(54)62/h1-13,15-17,19-43H,14,18H2. The molecular weight excluding hydrogens is 759 g/mol. The number of allylic oxidation sites excluding steroid dienone is 3. The molecule has 0 saturated heterocycles. The van der Waals surface area contributed by atoms with E-state index in [-0.39, 0.29) is 0 Å². The van der Waals surface area contributed by atoms with Gasteiger partial charge in [0.25, 0.3) is 0 Å². The van der Waals surface area contributed by atoms with Gasteiger partial charge in [0.15, 0.2) is 0 Å². The summed E-state index contributed by atoms with van der Waals surface area (Å²) in [4.78, 5) is 2.47. The molecule has 2 unspecified atom stereocenters. The lowest BCUT2D eigenvalue weighted by Crippen LogP contribution is -2.44. The van der Waals surface area contributed by atoms with E-state index in [1.54, 1.807) is 0 Å². The Balaban J connectivity index is 1.09. The minimum absolute atomic E-state index is 0.477. The van der Waals surface area contributed by atoms with E-state index in [0.29, 0.717) is 0 Å². The highest BCUT2D eigenvalue weighted by Crippen LogP contribution is 2.65. The normalized spacial score (nSPS) is 18.0. The second-order valence-electron chi connectivity index (χ2n) is 17.0. The van der Waals surface area contributed by atoms with Gasteiger partial charge in [-0.3, -0.25) is 0 Å². The van der Waals surface area contributed by atoms with Gasteiger partial charge in [0.2, 0.25) is 0 Å². The predicted molar refractivity (Wildman–Crippen MR) is 261 cm³/mol. The van der Waals surface area contributed by atoms with Crippen LogP contribution in [0, 0.1) is 0 Å². The third-order valence-electron chi connectivity index (χ3n) is 13.9. The van der Waals surface area contributed by atoms with Gasteiger partial charge in [0.05, 0.1) is 10.8 Å². The Hall–Kier alpha value is -7.74. The van der Waals surface area contributed by atoms with Crippen LogP contribution in [0.4, 0.5) is 11.4 Å². The summed E-state index contributed by atoms with van der Waals surface area (Å²) in [7, 11) is 0. The molecule has 0 aromatic heterocycles. The summed E-state index contributed by atoms with van der Waals surface area (Å²) in [6.45, 7) is 0. The van der Waals surface area contributed by atoms with Gasteiger partial charge in [0, 0.05) is 22.6 Å². The molecule has 0 spiro atoms. The molecule has 0 saturated carbocycles. The molecule has 0 aliphatic heterocycles. The lowest BCUT2D eigenvalue weighted by molar-refractivity contribution is 0.626.